The summed E-state index contributed by atoms with van der Waals surface area (Å²) in [4.78, 5) is 32.6. The fourth-order valence-electron chi connectivity index (χ4n) is 3.58. The van der Waals surface area contributed by atoms with E-state index in [-0.39, 0.29) is 22.7 Å². The topological polar surface area (TPSA) is 67.2 Å². The Balaban J connectivity index is 2.04. The van der Waals surface area contributed by atoms with Crippen molar-refractivity contribution in [2.75, 3.05) is 11.9 Å². The Kier molecular flexibility index (Phi) is 7.00. The predicted octanol–water partition coefficient (Wildman–Crippen LogP) is 5.73. The van der Waals surface area contributed by atoms with Crippen LogP contribution in [-0.2, 0) is 6.54 Å². The smallest absolute Gasteiger partial charge is 0.315 e. The molecule has 1 heterocycles. The minimum Gasteiger partial charge on any atom is -0.315 e. The molecule has 0 aliphatic carbocycles. The highest BCUT2D eigenvalue weighted by atomic mass is 35.5. The van der Waals surface area contributed by atoms with Crippen LogP contribution in [0.25, 0.3) is 10.9 Å². The van der Waals surface area contributed by atoms with Crippen molar-refractivity contribution in [3.8, 4) is 0 Å². The summed E-state index contributed by atoms with van der Waals surface area (Å²) >= 11 is 12.3. The fraction of sp³-hybridized carbons (Fsp3) is 0.318. The van der Waals surface area contributed by atoms with Gasteiger partial charge in [0.1, 0.15) is 5.82 Å². The third-order valence-electron chi connectivity index (χ3n) is 5.06. The third kappa shape index (κ3) is 4.16. The number of halogens is 2. The fourth-order valence-corrected chi connectivity index (χ4v) is 3.93. The van der Waals surface area contributed by atoms with Crippen LogP contribution in [-0.4, -0.2) is 27.0 Å². The first-order valence-electron chi connectivity index (χ1n) is 9.93. The molecule has 30 heavy (non-hydrogen) atoms. The molecule has 0 spiro atoms. The summed E-state index contributed by atoms with van der Waals surface area (Å²) in [6.45, 7) is 6.64. The molecule has 0 aliphatic heterocycles. The van der Waals surface area contributed by atoms with Gasteiger partial charge in [-0.15, -0.1) is 0 Å². The molecule has 3 rings (SSSR count). The number of carbonyl (C=O) groups excluding carboxylic acids is 1. The van der Waals surface area contributed by atoms with Gasteiger partial charge in [0.15, 0.2) is 0 Å². The Morgan fingerprint density at radius 2 is 1.87 bits per heavy atom. The van der Waals surface area contributed by atoms with Gasteiger partial charge in [0.05, 0.1) is 32.7 Å². The number of rotatable bonds is 6. The zero-order valence-corrected chi connectivity index (χ0v) is 18.7. The lowest BCUT2D eigenvalue weighted by Crippen LogP contribution is -2.41. The summed E-state index contributed by atoms with van der Waals surface area (Å²) in [7, 11) is 0. The first kappa shape index (κ1) is 22.1. The van der Waals surface area contributed by atoms with Crippen molar-refractivity contribution in [2.24, 2.45) is 0 Å². The summed E-state index contributed by atoms with van der Waals surface area (Å²) < 4.78 is 1.64. The Morgan fingerprint density at radius 1 is 1.13 bits per heavy atom. The Morgan fingerprint density at radius 3 is 2.53 bits per heavy atom. The van der Waals surface area contributed by atoms with Gasteiger partial charge in [0, 0.05) is 13.1 Å². The summed E-state index contributed by atoms with van der Waals surface area (Å²) in [6, 6.07) is 11.6. The molecule has 6 nitrogen and oxygen atoms in total. The summed E-state index contributed by atoms with van der Waals surface area (Å²) in [5, 5.41) is 4.04. The first-order chi connectivity index (χ1) is 14.4. The number of nitrogens with one attached hydrogen (secondary N) is 1. The van der Waals surface area contributed by atoms with Gasteiger partial charge in [-0.25, -0.2) is 9.78 Å². The number of hydrogen-bond donors (Lipinski definition) is 1. The SMILES string of the molecule is CCC(c1nc2ccccc2c(=O)n1CC)N(CC)C(=O)Nc1cccc(Cl)c1Cl. The molecule has 0 bridgehead atoms. The minimum absolute atomic E-state index is 0.106. The van der Waals surface area contributed by atoms with Gasteiger partial charge in [-0.3, -0.25) is 9.36 Å². The highest BCUT2D eigenvalue weighted by Gasteiger charge is 2.27. The van der Waals surface area contributed by atoms with Gasteiger partial charge in [-0.1, -0.05) is 48.3 Å². The number of amides is 2. The number of anilines is 1. The quantitative estimate of drug-likeness (QED) is 0.525. The minimum atomic E-state index is -0.384. The van der Waals surface area contributed by atoms with E-state index >= 15 is 0 Å². The van der Waals surface area contributed by atoms with Crippen LogP contribution in [0.5, 0.6) is 0 Å². The number of carbonyl (C=O) groups is 1. The van der Waals surface area contributed by atoms with E-state index in [0.29, 0.717) is 46.9 Å². The molecule has 1 unspecified atom stereocenters. The molecule has 0 aliphatic rings. The summed E-state index contributed by atoms with van der Waals surface area (Å²) in [5.74, 6) is 0.567. The van der Waals surface area contributed by atoms with E-state index in [1.165, 1.54) is 0 Å². The highest BCUT2D eigenvalue weighted by molar-refractivity contribution is 6.43. The van der Waals surface area contributed by atoms with Crippen molar-refractivity contribution in [3.63, 3.8) is 0 Å². The molecule has 8 heteroatoms. The maximum absolute atomic E-state index is 13.1. The summed E-state index contributed by atoms with van der Waals surface area (Å²) in [6.07, 6.45) is 0.593. The lowest BCUT2D eigenvalue weighted by molar-refractivity contribution is 0.184. The molecule has 0 fully saturated rings. The molecule has 2 amide bonds. The van der Waals surface area contributed by atoms with Gasteiger partial charge in [-0.2, -0.15) is 0 Å². The van der Waals surface area contributed by atoms with Crippen LogP contribution >= 0.6 is 23.2 Å². The Bertz CT molecular complexity index is 1130. The maximum Gasteiger partial charge on any atom is 0.322 e. The van der Waals surface area contributed by atoms with Crippen molar-refractivity contribution >= 4 is 45.8 Å². The van der Waals surface area contributed by atoms with E-state index in [1.54, 1.807) is 33.7 Å². The number of hydrogen-bond acceptors (Lipinski definition) is 3. The van der Waals surface area contributed by atoms with Gasteiger partial charge in [0.2, 0.25) is 0 Å². The Labute approximate surface area is 185 Å². The standard InChI is InChI=1S/C22H24Cl2N4O2/c1-4-18(20-25-16-12-8-7-10-14(16)21(29)28(20)6-3)27(5-2)22(30)26-17-13-9-11-15(23)19(17)24/h7-13,18H,4-6H2,1-3H3,(H,26,30). The number of nitrogens with zero attached hydrogens (tertiary/aromatic N) is 3. The number of urea groups is 1. The van der Waals surface area contributed by atoms with Gasteiger partial charge in [0.25, 0.3) is 5.56 Å². The van der Waals surface area contributed by atoms with Crippen LogP contribution in [0.1, 0.15) is 39.1 Å². The predicted molar refractivity (Wildman–Crippen MR) is 123 cm³/mol. The number of fused-ring (bicyclic) bond motifs is 1. The van der Waals surface area contributed by atoms with Crippen LogP contribution in [0.4, 0.5) is 10.5 Å². The Hall–Kier alpha value is -2.57. The second kappa shape index (κ2) is 9.49. The van der Waals surface area contributed by atoms with E-state index in [2.05, 4.69) is 5.32 Å². The van der Waals surface area contributed by atoms with Crippen LogP contribution in [0.2, 0.25) is 10.0 Å². The molecule has 1 N–H and O–H groups in total. The van der Waals surface area contributed by atoms with Crippen molar-refractivity contribution in [2.45, 2.75) is 39.8 Å². The molecule has 3 aromatic rings. The number of benzene rings is 2. The van der Waals surface area contributed by atoms with Crippen LogP contribution in [0, 0.1) is 0 Å². The zero-order valence-electron chi connectivity index (χ0n) is 17.2. The van der Waals surface area contributed by atoms with E-state index in [9.17, 15) is 9.59 Å². The van der Waals surface area contributed by atoms with Crippen molar-refractivity contribution < 1.29 is 4.79 Å². The van der Waals surface area contributed by atoms with Gasteiger partial charge >= 0.3 is 6.03 Å². The largest absolute Gasteiger partial charge is 0.322 e. The van der Waals surface area contributed by atoms with E-state index in [4.69, 9.17) is 28.2 Å². The normalized spacial score (nSPS) is 12.0. The number of para-hydroxylation sites is 1. The van der Waals surface area contributed by atoms with Crippen molar-refractivity contribution in [3.05, 3.63) is 68.7 Å². The second-order valence-corrected chi connectivity index (χ2v) is 7.56. The molecule has 1 aromatic heterocycles. The third-order valence-corrected chi connectivity index (χ3v) is 5.88. The molecule has 1 atom stereocenters. The average molecular weight is 447 g/mol. The highest BCUT2D eigenvalue weighted by Crippen LogP contribution is 2.31. The average Bonchev–Trinajstić information content (AvgIpc) is 2.75. The molecular formula is C22H24Cl2N4O2. The van der Waals surface area contributed by atoms with Crippen LogP contribution in [0.15, 0.2) is 47.3 Å². The van der Waals surface area contributed by atoms with E-state index < -0.39 is 0 Å². The number of aromatic nitrogens is 2. The molecule has 0 radical (unpaired) electrons. The molecular weight excluding hydrogens is 423 g/mol. The van der Waals surface area contributed by atoms with E-state index in [1.807, 2.05) is 39.0 Å². The second-order valence-electron chi connectivity index (χ2n) is 6.78. The lowest BCUT2D eigenvalue weighted by Gasteiger charge is -2.31. The monoisotopic (exact) mass is 446 g/mol. The van der Waals surface area contributed by atoms with Crippen molar-refractivity contribution in [1.82, 2.24) is 14.5 Å². The van der Waals surface area contributed by atoms with Crippen LogP contribution < -0.4 is 10.9 Å². The lowest BCUT2D eigenvalue weighted by atomic mass is 10.1. The molecule has 0 saturated carbocycles. The van der Waals surface area contributed by atoms with Crippen LogP contribution in [0.3, 0.4) is 0 Å². The van der Waals surface area contributed by atoms with Gasteiger partial charge in [-0.05, 0) is 44.5 Å². The summed E-state index contributed by atoms with van der Waals surface area (Å²) in [5.41, 5.74) is 0.947. The molecule has 158 valence electrons. The van der Waals surface area contributed by atoms with E-state index in [0.717, 1.165) is 0 Å². The first-order valence-corrected chi connectivity index (χ1v) is 10.7. The molecule has 0 saturated heterocycles. The maximum atomic E-state index is 13.1. The van der Waals surface area contributed by atoms with Crippen molar-refractivity contribution in [1.29, 1.82) is 0 Å². The zero-order chi connectivity index (χ0) is 21.8. The molecule has 2 aromatic carbocycles. The van der Waals surface area contributed by atoms with Gasteiger partial charge < -0.3 is 10.2 Å².